The zero-order chi connectivity index (χ0) is 14.6. The fourth-order valence-electron chi connectivity index (χ4n) is 1.84. The van der Waals surface area contributed by atoms with Crippen LogP contribution in [0, 0.1) is 5.41 Å². The van der Waals surface area contributed by atoms with Crippen LogP contribution >= 0.6 is 0 Å². The summed E-state index contributed by atoms with van der Waals surface area (Å²) in [5.41, 5.74) is 7.00. The van der Waals surface area contributed by atoms with Crippen LogP contribution in [0.2, 0.25) is 0 Å². The van der Waals surface area contributed by atoms with E-state index in [-0.39, 0.29) is 17.4 Å². The molecule has 0 radical (unpaired) electrons. The molecule has 0 aliphatic carbocycles. The molecule has 2 N–H and O–H groups in total. The fraction of sp³-hybridized carbons (Fsp3) is 0.562. The van der Waals surface area contributed by atoms with Crippen molar-refractivity contribution in [1.82, 2.24) is 4.90 Å². The second-order valence-electron chi connectivity index (χ2n) is 6.39. The summed E-state index contributed by atoms with van der Waals surface area (Å²) in [6.07, 6.45) is 0. The van der Waals surface area contributed by atoms with Crippen LogP contribution < -0.4 is 5.73 Å². The molecule has 0 aromatic heterocycles. The Labute approximate surface area is 116 Å². The maximum atomic E-state index is 12.5. The van der Waals surface area contributed by atoms with Gasteiger partial charge >= 0.3 is 0 Å². The average molecular weight is 262 g/mol. The van der Waals surface area contributed by atoms with E-state index in [2.05, 4.69) is 0 Å². The number of rotatable bonds is 4. The molecule has 0 heterocycles. The number of nitrogens with two attached hydrogens (primary N) is 1. The number of hydrogen-bond donors (Lipinski definition) is 1. The summed E-state index contributed by atoms with van der Waals surface area (Å²) in [6.45, 7) is 10.7. The van der Waals surface area contributed by atoms with E-state index in [0.717, 1.165) is 5.56 Å². The predicted octanol–water partition coefficient (Wildman–Crippen LogP) is 2.80. The lowest BCUT2D eigenvalue weighted by Crippen LogP contribution is -2.52. The van der Waals surface area contributed by atoms with Gasteiger partial charge in [-0.05, 0) is 24.8 Å². The number of nitrogens with zero attached hydrogens (tertiary/aromatic N) is 1. The lowest BCUT2D eigenvalue weighted by atomic mass is 9.86. The summed E-state index contributed by atoms with van der Waals surface area (Å²) in [4.78, 5) is 14.4. The molecule has 3 heteroatoms. The molecule has 1 aromatic rings. The first-order chi connectivity index (χ1) is 8.73. The van der Waals surface area contributed by atoms with Crippen molar-refractivity contribution >= 4 is 5.91 Å². The maximum Gasteiger partial charge on any atom is 0.240 e. The van der Waals surface area contributed by atoms with Gasteiger partial charge in [-0.1, -0.05) is 51.1 Å². The second-order valence-corrected chi connectivity index (χ2v) is 6.39. The third-order valence-corrected chi connectivity index (χ3v) is 3.30. The third kappa shape index (κ3) is 4.35. The highest BCUT2D eigenvalue weighted by molar-refractivity contribution is 5.82. The first-order valence-electron chi connectivity index (χ1n) is 6.83. The Kier molecular flexibility index (Phi) is 5.12. The van der Waals surface area contributed by atoms with E-state index in [1.165, 1.54) is 0 Å². The van der Waals surface area contributed by atoms with E-state index >= 15 is 0 Å². The smallest absolute Gasteiger partial charge is 0.240 e. The maximum absolute atomic E-state index is 12.5. The molecule has 106 valence electrons. The van der Waals surface area contributed by atoms with Gasteiger partial charge in [0.05, 0.1) is 6.04 Å². The quantitative estimate of drug-likeness (QED) is 0.907. The zero-order valence-corrected chi connectivity index (χ0v) is 12.7. The molecule has 1 atom stereocenters. The van der Waals surface area contributed by atoms with Crippen molar-refractivity contribution in [3.05, 3.63) is 35.9 Å². The minimum absolute atomic E-state index is 0.0198. The lowest BCUT2D eigenvalue weighted by Gasteiger charge is -2.34. The average Bonchev–Trinajstić information content (AvgIpc) is 2.34. The van der Waals surface area contributed by atoms with E-state index in [4.69, 9.17) is 5.73 Å². The van der Waals surface area contributed by atoms with Crippen LogP contribution in [0.15, 0.2) is 30.3 Å². The molecule has 0 aliphatic rings. The standard InChI is InChI=1S/C16H26N2O/c1-12(2)18(11-13-9-7-6-8-10-13)15(19)14(17)16(3,4)5/h6-10,12,14H,11,17H2,1-5H3/t14-/m0/s1. The summed E-state index contributed by atoms with van der Waals surface area (Å²) in [6, 6.07) is 9.69. The molecule has 0 saturated heterocycles. The molecule has 0 bridgehead atoms. The van der Waals surface area contributed by atoms with E-state index in [1.54, 1.807) is 0 Å². The minimum Gasteiger partial charge on any atom is -0.335 e. The number of benzene rings is 1. The third-order valence-electron chi connectivity index (χ3n) is 3.30. The molecular weight excluding hydrogens is 236 g/mol. The Morgan fingerprint density at radius 2 is 1.74 bits per heavy atom. The van der Waals surface area contributed by atoms with Crippen LogP contribution in [0.1, 0.15) is 40.2 Å². The zero-order valence-electron chi connectivity index (χ0n) is 12.7. The normalized spacial score (nSPS) is 13.4. The highest BCUT2D eigenvalue weighted by atomic mass is 16.2. The van der Waals surface area contributed by atoms with Gasteiger partial charge < -0.3 is 10.6 Å². The van der Waals surface area contributed by atoms with Gasteiger partial charge in [-0.2, -0.15) is 0 Å². The molecule has 19 heavy (non-hydrogen) atoms. The Morgan fingerprint density at radius 3 is 2.16 bits per heavy atom. The lowest BCUT2D eigenvalue weighted by molar-refractivity contribution is -0.137. The predicted molar refractivity (Wildman–Crippen MR) is 79.6 cm³/mol. The molecule has 1 rings (SSSR count). The van der Waals surface area contributed by atoms with Crippen LogP contribution in [0.3, 0.4) is 0 Å². The SMILES string of the molecule is CC(C)N(Cc1ccccc1)C(=O)[C@H](N)C(C)(C)C. The fourth-order valence-corrected chi connectivity index (χ4v) is 1.84. The second kappa shape index (κ2) is 6.20. The summed E-state index contributed by atoms with van der Waals surface area (Å²) >= 11 is 0. The molecule has 1 aromatic carbocycles. The van der Waals surface area contributed by atoms with Crippen molar-refractivity contribution in [2.45, 2.75) is 53.2 Å². The molecule has 0 fully saturated rings. The number of carbonyl (C=O) groups is 1. The molecule has 1 amide bonds. The Morgan fingerprint density at radius 1 is 1.21 bits per heavy atom. The summed E-state index contributed by atoms with van der Waals surface area (Å²) in [5, 5.41) is 0. The summed E-state index contributed by atoms with van der Waals surface area (Å²) in [5.74, 6) is 0.0198. The Bertz CT molecular complexity index is 407. The first kappa shape index (κ1) is 15.7. The molecule has 0 aliphatic heterocycles. The highest BCUT2D eigenvalue weighted by Crippen LogP contribution is 2.21. The molecule has 0 unspecified atom stereocenters. The van der Waals surface area contributed by atoms with Gasteiger partial charge in [-0.25, -0.2) is 0 Å². The van der Waals surface area contributed by atoms with Crippen molar-refractivity contribution < 1.29 is 4.79 Å². The largest absolute Gasteiger partial charge is 0.335 e. The molecule has 3 nitrogen and oxygen atoms in total. The van der Waals surface area contributed by atoms with Gasteiger partial charge in [-0.15, -0.1) is 0 Å². The van der Waals surface area contributed by atoms with Crippen LogP contribution in [0.5, 0.6) is 0 Å². The number of carbonyl (C=O) groups excluding carboxylic acids is 1. The summed E-state index contributed by atoms with van der Waals surface area (Å²) < 4.78 is 0. The van der Waals surface area contributed by atoms with Crippen molar-refractivity contribution in [2.75, 3.05) is 0 Å². The monoisotopic (exact) mass is 262 g/mol. The summed E-state index contributed by atoms with van der Waals surface area (Å²) in [7, 11) is 0. The van der Waals surface area contributed by atoms with Crippen LogP contribution in [0.4, 0.5) is 0 Å². The Balaban J connectivity index is 2.87. The van der Waals surface area contributed by atoms with E-state index in [9.17, 15) is 4.79 Å². The van der Waals surface area contributed by atoms with Crippen LogP contribution in [0.25, 0.3) is 0 Å². The van der Waals surface area contributed by atoms with Gasteiger partial charge in [0, 0.05) is 12.6 Å². The van der Waals surface area contributed by atoms with Crippen molar-refractivity contribution in [3.63, 3.8) is 0 Å². The van der Waals surface area contributed by atoms with E-state index < -0.39 is 6.04 Å². The highest BCUT2D eigenvalue weighted by Gasteiger charge is 2.32. The topological polar surface area (TPSA) is 46.3 Å². The molecule has 0 saturated carbocycles. The minimum atomic E-state index is -0.474. The van der Waals surface area contributed by atoms with Crippen molar-refractivity contribution in [2.24, 2.45) is 11.1 Å². The van der Waals surface area contributed by atoms with Crippen molar-refractivity contribution in [3.8, 4) is 0 Å². The number of amides is 1. The van der Waals surface area contributed by atoms with Gasteiger partial charge in [0.2, 0.25) is 5.91 Å². The Hall–Kier alpha value is -1.35. The first-order valence-corrected chi connectivity index (χ1v) is 6.83. The van der Waals surface area contributed by atoms with Gasteiger partial charge in [0.1, 0.15) is 0 Å². The van der Waals surface area contributed by atoms with Crippen molar-refractivity contribution in [1.29, 1.82) is 0 Å². The van der Waals surface area contributed by atoms with Crippen LogP contribution in [-0.2, 0) is 11.3 Å². The van der Waals surface area contributed by atoms with Gasteiger partial charge in [-0.3, -0.25) is 4.79 Å². The molecule has 0 spiro atoms. The van der Waals surface area contributed by atoms with E-state index in [1.807, 2.05) is 69.9 Å². The van der Waals surface area contributed by atoms with Crippen LogP contribution in [-0.4, -0.2) is 22.9 Å². The van der Waals surface area contributed by atoms with Gasteiger partial charge in [0.15, 0.2) is 0 Å². The number of hydrogen-bond acceptors (Lipinski definition) is 2. The van der Waals surface area contributed by atoms with Gasteiger partial charge in [0.25, 0.3) is 0 Å². The van der Waals surface area contributed by atoms with E-state index in [0.29, 0.717) is 6.54 Å². The molecular formula is C16H26N2O.